The average molecular weight is 293 g/mol. The number of ether oxygens (including phenoxy) is 1. The Morgan fingerprint density at radius 3 is 2.70 bits per heavy atom. The first-order valence-corrected chi connectivity index (χ1v) is 7.60. The van der Waals surface area contributed by atoms with Crippen LogP contribution in [-0.2, 0) is 10.0 Å². The zero-order valence-corrected chi connectivity index (χ0v) is 11.5. The van der Waals surface area contributed by atoms with Crippen molar-refractivity contribution in [1.82, 2.24) is 4.98 Å². The molecule has 0 amide bonds. The Kier molecular flexibility index (Phi) is 4.41. The smallest absolute Gasteiger partial charge is 0.236 e. The number of nitrogens with two attached hydrogens (primary N) is 1. The molecule has 0 aliphatic carbocycles. The summed E-state index contributed by atoms with van der Waals surface area (Å²) in [4.78, 5) is 3.83. The van der Waals surface area contributed by atoms with E-state index in [1.165, 1.54) is 6.20 Å². The van der Waals surface area contributed by atoms with Crippen LogP contribution < -0.4 is 15.2 Å². The molecular weight excluding hydrogens is 278 g/mol. The van der Waals surface area contributed by atoms with Crippen LogP contribution >= 0.6 is 0 Å². The summed E-state index contributed by atoms with van der Waals surface area (Å²) in [6.45, 7) is 0.0177. The highest BCUT2D eigenvalue weighted by atomic mass is 32.2. The van der Waals surface area contributed by atoms with E-state index in [1.807, 2.05) is 0 Å². The van der Waals surface area contributed by atoms with E-state index in [0.29, 0.717) is 17.1 Å². The molecule has 1 aromatic carbocycles. The molecule has 20 heavy (non-hydrogen) atoms. The zero-order chi connectivity index (χ0) is 14.4. The maximum atomic E-state index is 11.8. The number of para-hydroxylation sites is 2. The molecule has 0 atom stereocenters. The Hall–Kier alpha value is -2.28. The van der Waals surface area contributed by atoms with Gasteiger partial charge in [-0.05, 0) is 24.3 Å². The van der Waals surface area contributed by atoms with Gasteiger partial charge in [-0.2, -0.15) is 0 Å². The number of pyridine rings is 1. The average Bonchev–Trinajstić information content (AvgIpc) is 2.41. The highest BCUT2D eigenvalue weighted by Crippen LogP contribution is 2.19. The first kappa shape index (κ1) is 14.1. The fourth-order valence-electron chi connectivity index (χ4n) is 1.53. The van der Waals surface area contributed by atoms with Gasteiger partial charge < -0.3 is 10.5 Å². The van der Waals surface area contributed by atoms with Gasteiger partial charge in [0.1, 0.15) is 18.1 Å². The molecule has 0 aliphatic rings. The van der Waals surface area contributed by atoms with Crippen LogP contribution in [0.3, 0.4) is 0 Å². The molecule has 1 aromatic heterocycles. The second-order valence-electron chi connectivity index (χ2n) is 4.05. The van der Waals surface area contributed by atoms with Crippen LogP contribution in [0.25, 0.3) is 0 Å². The predicted octanol–water partition coefficient (Wildman–Crippen LogP) is 1.48. The van der Waals surface area contributed by atoms with E-state index in [2.05, 4.69) is 9.71 Å². The van der Waals surface area contributed by atoms with Crippen molar-refractivity contribution in [3.8, 4) is 5.75 Å². The lowest BCUT2D eigenvalue weighted by molar-refractivity contribution is 0.343. The third-order valence-corrected chi connectivity index (χ3v) is 3.71. The van der Waals surface area contributed by atoms with Crippen LogP contribution in [0.2, 0.25) is 0 Å². The molecule has 1 heterocycles. The Labute approximate surface area is 117 Å². The molecule has 0 aliphatic heterocycles. The van der Waals surface area contributed by atoms with Crippen LogP contribution in [-0.4, -0.2) is 25.8 Å². The summed E-state index contributed by atoms with van der Waals surface area (Å²) in [5, 5.41) is 0. The Balaban J connectivity index is 1.89. The quantitative estimate of drug-likeness (QED) is 0.787. The molecule has 0 fully saturated rings. The molecule has 0 unspecified atom stereocenters. The van der Waals surface area contributed by atoms with Gasteiger partial charge in [-0.3, -0.25) is 9.71 Å². The minimum Gasteiger partial charge on any atom is -0.490 e. The predicted molar refractivity (Wildman–Crippen MR) is 78.0 cm³/mol. The van der Waals surface area contributed by atoms with Crippen molar-refractivity contribution in [2.75, 3.05) is 22.8 Å². The third-order valence-electron chi connectivity index (χ3n) is 2.46. The first-order chi connectivity index (χ1) is 9.57. The molecule has 2 aromatic rings. The molecule has 0 spiro atoms. The van der Waals surface area contributed by atoms with E-state index < -0.39 is 10.0 Å². The third kappa shape index (κ3) is 4.13. The number of nitrogens with one attached hydrogen (secondary N) is 1. The number of aromatic nitrogens is 1. The van der Waals surface area contributed by atoms with Gasteiger partial charge in [-0.15, -0.1) is 0 Å². The number of sulfonamides is 1. The Morgan fingerprint density at radius 2 is 2.00 bits per heavy atom. The highest BCUT2D eigenvalue weighted by Gasteiger charge is 2.11. The number of nitrogens with zero attached hydrogens (tertiary/aromatic N) is 1. The summed E-state index contributed by atoms with van der Waals surface area (Å²) in [6, 6.07) is 10.2. The second-order valence-corrected chi connectivity index (χ2v) is 5.89. The van der Waals surface area contributed by atoms with Gasteiger partial charge in [-0.25, -0.2) is 8.42 Å². The van der Waals surface area contributed by atoms with E-state index in [1.54, 1.807) is 42.6 Å². The van der Waals surface area contributed by atoms with E-state index in [-0.39, 0.29) is 12.4 Å². The summed E-state index contributed by atoms with van der Waals surface area (Å²) < 4.78 is 31.4. The Bertz CT molecular complexity index is 660. The maximum absolute atomic E-state index is 11.8. The van der Waals surface area contributed by atoms with Crippen molar-refractivity contribution in [3.63, 3.8) is 0 Å². The van der Waals surface area contributed by atoms with E-state index in [9.17, 15) is 8.42 Å². The number of nitrogen functional groups attached to an aromatic ring is 1. The summed E-state index contributed by atoms with van der Waals surface area (Å²) in [7, 11) is -3.47. The molecule has 3 N–H and O–H groups in total. The molecular formula is C13H15N3O3S. The minimum absolute atomic E-state index is 0.0177. The van der Waals surface area contributed by atoms with Crippen molar-refractivity contribution in [1.29, 1.82) is 0 Å². The first-order valence-electron chi connectivity index (χ1n) is 5.95. The van der Waals surface area contributed by atoms with Gasteiger partial charge in [0.2, 0.25) is 10.0 Å². The maximum Gasteiger partial charge on any atom is 0.236 e. The van der Waals surface area contributed by atoms with Gasteiger partial charge in [0.15, 0.2) is 0 Å². The summed E-state index contributed by atoms with van der Waals surface area (Å²) in [5.74, 6) is 0.306. The highest BCUT2D eigenvalue weighted by molar-refractivity contribution is 7.92. The fraction of sp³-hybridized carbons (Fsp3) is 0.154. The van der Waals surface area contributed by atoms with Crippen LogP contribution in [0.5, 0.6) is 5.75 Å². The number of rotatable bonds is 6. The second kappa shape index (κ2) is 6.25. The zero-order valence-electron chi connectivity index (χ0n) is 10.7. The molecule has 0 saturated carbocycles. The molecule has 106 valence electrons. The van der Waals surface area contributed by atoms with E-state index in [0.717, 1.165) is 0 Å². The monoisotopic (exact) mass is 293 g/mol. The van der Waals surface area contributed by atoms with Crippen molar-refractivity contribution in [3.05, 3.63) is 48.8 Å². The molecule has 0 bridgehead atoms. The summed E-state index contributed by atoms with van der Waals surface area (Å²) in [5.41, 5.74) is 6.60. The normalized spacial score (nSPS) is 11.0. The van der Waals surface area contributed by atoms with Crippen LogP contribution in [0.4, 0.5) is 11.4 Å². The van der Waals surface area contributed by atoms with Crippen LogP contribution in [0.15, 0.2) is 48.8 Å². The van der Waals surface area contributed by atoms with Gasteiger partial charge >= 0.3 is 0 Å². The molecule has 7 heteroatoms. The Morgan fingerprint density at radius 1 is 1.20 bits per heavy atom. The van der Waals surface area contributed by atoms with E-state index in [4.69, 9.17) is 10.5 Å². The summed E-state index contributed by atoms with van der Waals surface area (Å²) >= 11 is 0. The van der Waals surface area contributed by atoms with Crippen molar-refractivity contribution >= 4 is 21.4 Å². The lowest BCUT2D eigenvalue weighted by Gasteiger charge is -2.10. The van der Waals surface area contributed by atoms with Gasteiger partial charge in [0.05, 0.1) is 17.6 Å². The minimum atomic E-state index is -3.47. The van der Waals surface area contributed by atoms with Crippen LogP contribution in [0.1, 0.15) is 0 Å². The van der Waals surface area contributed by atoms with Gasteiger partial charge in [-0.1, -0.05) is 12.1 Å². The SMILES string of the molecule is Nc1ccccc1OCCS(=O)(=O)Nc1cccnc1. The molecule has 0 radical (unpaired) electrons. The number of hydrogen-bond donors (Lipinski definition) is 2. The summed E-state index contributed by atoms with van der Waals surface area (Å²) in [6.07, 6.45) is 3.01. The van der Waals surface area contributed by atoms with Gasteiger partial charge in [0.25, 0.3) is 0 Å². The lowest BCUT2D eigenvalue weighted by Crippen LogP contribution is -2.21. The lowest BCUT2D eigenvalue weighted by atomic mass is 10.3. The topological polar surface area (TPSA) is 94.3 Å². The van der Waals surface area contributed by atoms with Crippen molar-refractivity contribution in [2.45, 2.75) is 0 Å². The standard InChI is InChI=1S/C13H15N3O3S/c14-12-5-1-2-6-13(12)19-8-9-20(17,18)16-11-4-3-7-15-10-11/h1-7,10,16H,8-9,14H2. The van der Waals surface area contributed by atoms with Crippen molar-refractivity contribution in [2.24, 2.45) is 0 Å². The molecule has 2 rings (SSSR count). The van der Waals surface area contributed by atoms with Crippen molar-refractivity contribution < 1.29 is 13.2 Å². The number of anilines is 2. The van der Waals surface area contributed by atoms with Gasteiger partial charge in [0, 0.05) is 6.20 Å². The fourth-order valence-corrected chi connectivity index (χ4v) is 2.41. The van der Waals surface area contributed by atoms with E-state index >= 15 is 0 Å². The number of benzene rings is 1. The molecule has 0 saturated heterocycles. The van der Waals surface area contributed by atoms with Crippen LogP contribution in [0, 0.1) is 0 Å². The largest absolute Gasteiger partial charge is 0.490 e. The molecule has 6 nitrogen and oxygen atoms in total. The number of hydrogen-bond acceptors (Lipinski definition) is 5.